The topological polar surface area (TPSA) is 85.6 Å². The highest BCUT2D eigenvalue weighted by molar-refractivity contribution is 5.72. The zero-order chi connectivity index (χ0) is 20.5. The summed E-state index contributed by atoms with van der Waals surface area (Å²) in [6.07, 6.45) is 1.45. The molecule has 0 atom stereocenters. The standard InChI is InChI=1S/C21H16FN5O2/c1-2-26-20(28)18-19(27(21(26)29)17-9-5-8-16(22)10-17)24-13-25(18)12-15-7-4-3-6-14(15)11-23/h3-10,13H,2,12H2,1H3. The van der Waals surface area contributed by atoms with Gasteiger partial charge in [0.2, 0.25) is 0 Å². The normalized spacial score (nSPS) is 10.9. The summed E-state index contributed by atoms with van der Waals surface area (Å²) < 4.78 is 17.7. The quantitative estimate of drug-likeness (QED) is 0.537. The lowest BCUT2D eigenvalue weighted by molar-refractivity contribution is 0.623. The number of halogens is 1. The third kappa shape index (κ3) is 3.02. The first-order valence-corrected chi connectivity index (χ1v) is 8.99. The van der Waals surface area contributed by atoms with E-state index in [9.17, 15) is 19.2 Å². The first-order chi connectivity index (χ1) is 14.0. The SMILES string of the molecule is CCn1c(=O)c2c(ncn2Cc2ccccc2C#N)n(-c2cccc(F)c2)c1=O. The number of hydrogen-bond acceptors (Lipinski definition) is 4. The van der Waals surface area contributed by atoms with Crippen molar-refractivity contribution in [2.75, 3.05) is 0 Å². The second-order valence-corrected chi connectivity index (χ2v) is 6.46. The summed E-state index contributed by atoms with van der Waals surface area (Å²) in [5, 5.41) is 9.33. The first-order valence-electron chi connectivity index (χ1n) is 8.99. The van der Waals surface area contributed by atoms with Crippen LogP contribution in [-0.4, -0.2) is 18.7 Å². The van der Waals surface area contributed by atoms with Crippen LogP contribution < -0.4 is 11.2 Å². The summed E-state index contributed by atoms with van der Waals surface area (Å²) in [6.45, 7) is 2.08. The van der Waals surface area contributed by atoms with E-state index in [1.54, 1.807) is 35.8 Å². The minimum atomic E-state index is -0.585. The molecule has 0 aliphatic rings. The highest BCUT2D eigenvalue weighted by Gasteiger charge is 2.19. The lowest BCUT2D eigenvalue weighted by Crippen LogP contribution is -2.39. The van der Waals surface area contributed by atoms with Gasteiger partial charge in [-0.25, -0.2) is 18.7 Å². The van der Waals surface area contributed by atoms with Crippen molar-refractivity contribution in [2.24, 2.45) is 0 Å². The Bertz CT molecular complexity index is 1390. The first kappa shape index (κ1) is 18.4. The van der Waals surface area contributed by atoms with E-state index in [0.29, 0.717) is 5.56 Å². The molecule has 0 amide bonds. The monoisotopic (exact) mass is 389 g/mol. The van der Waals surface area contributed by atoms with Crippen molar-refractivity contribution in [1.29, 1.82) is 5.26 Å². The lowest BCUT2D eigenvalue weighted by Gasteiger charge is -2.12. The molecule has 0 radical (unpaired) electrons. The molecule has 0 bridgehead atoms. The van der Waals surface area contributed by atoms with Crippen LogP contribution in [-0.2, 0) is 13.1 Å². The fraction of sp³-hybridized carbons (Fsp3) is 0.143. The van der Waals surface area contributed by atoms with Crippen molar-refractivity contribution < 1.29 is 4.39 Å². The molecule has 29 heavy (non-hydrogen) atoms. The van der Waals surface area contributed by atoms with Crippen LogP contribution in [0.4, 0.5) is 4.39 Å². The van der Waals surface area contributed by atoms with Gasteiger partial charge in [-0.2, -0.15) is 5.26 Å². The molecule has 0 spiro atoms. The number of fused-ring (bicyclic) bond motifs is 1. The average molecular weight is 389 g/mol. The largest absolute Gasteiger partial charge is 0.337 e. The molecule has 4 rings (SSSR count). The molecule has 2 heterocycles. The Morgan fingerprint density at radius 3 is 2.66 bits per heavy atom. The fourth-order valence-corrected chi connectivity index (χ4v) is 3.38. The van der Waals surface area contributed by atoms with Crippen LogP contribution in [0.2, 0.25) is 0 Å². The highest BCUT2D eigenvalue weighted by Crippen LogP contribution is 2.16. The van der Waals surface area contributed by atoms with Crippen molar-refractivity contribution in [3.8, 4) is 11.8 Å². The predicted molar refractivity (Wildman–Crippen MR) is 105 cm³/mol. The Balaban J connectivity index is 2.01. The van der Waals surface area contributed by atoms with Crippen LogP contribution in [0.5, 0.6) is 0 Å². The van der Waals surface area contributed by atoms with Gasteiger partial charge in [-0.3, -0.25) is 9.36 Å². The summed E-state index contributed by atoms with van der Waals surface area (Å²) in [5.41, 5.74) is 0.785. The van der Waals surface area contributed by atoms with E-state index in [-0.39, 0.29) is 29.9 Å². The predicted octanol–water partition coefficient (Wildman–Crippen LogP) is 2.43. The molecule has 0 saturated carbocycles. The number of nitriles is 1. The zero-order valence-corrected chi connectivity index (χ0v) is 15.5. The van der Waals surface area contributed by atoms with Crippen LogP contribution in [0.1, 0.15) is 18.1 Å². The highest BCUT2D eigenvalue weighted by atomic mass is 19.1. The van der Waals surface area contributed by atoms with Gasteiger partial charge in [0.15, 0.2) is 11.2 Å². The van der Waals surface area contributed by atoms with Gasteiger partial charge in [-0.1, -0.05) is 24.3 Å². The van der Waals surface area contributed by atoms with Crippen molar-refractivity contribution in [1.82, 2.24) is 18.7 Å². The molecule has 2 aromatic carbocycles. The van der Waals surface area contributed by atoms with Crippen LogP contribution in [0.25, 0.3) is 16.9 Å². The van der Waals surface area contributed by atoms with E-state index < -0.39 is 17.1 Å². The van der Waals surface area contributed by atoms with Gasteiger partial charge < -0.3 is 4.57 Å². The molecule has 0 aliphatic heterocycles. The molecular formula is C21H16FN5O2. The maximum atomic E-state index is 13.8. The van der Waals surface area contributed by atoms with Gasteiger partial charge in [-0.15, -0.1) is 0 Å². The summed E-state index contributed by atoms with van der Waals surface area (Å²) in [6, 6.07) is 14.8. The van der Waals surface area contributed by atoms with Gasteiger partial charge >= 0.3 is 5.69 Å². The lowest BCUT2D eigenvalue weighted by atomic mass is 10.1. The van der Waals surface area contributed by atoms with Gasteiger partial charge in [0.1, 0.15) is 5.82 Å². The number of hydrogen-bond donors (Lipinski definition) is 0. The van der Waals surface area contributed by atoms with Crippen molar-refractivity contribution in [3.05, 3.63) is 92.6 Å². The Morgan fingerprint density at radius 1 is 1.14 bits per heavy atom. The minimum Gasteiger partial charge on any atom is -0.320 e. The molecule has 144 valence electrons. The van der Waals surface area contributed by atoms with E-state index in [1.807, 2.05) is 6.07 Å². The number of aromatic nitrogens is 4. The molecule has 2 aromatic heterocycles. The second kappa shape index (κ2) is 7.20. The van der Waals surface area contributed by atoms with Gasteiger partial charge in [-0.05, 0) is 36.8 Å². The third-order valence-electron chi connectivity index (χ3n) is 4.76. The number of benzene rings is 2. The molecule has 8 heteroatoms. The molecule has 0 saturated heterocycles. The number of rotatable bonds is 4. The Labute approximate surface area is 164 Å². The molecular weight excluding hydrogens is 373 g/mol. The average Bonchev–Trinajstić information content (AvgIpc) is 3.12. The summed E-state index contributed by atoms with van der Waals surface area (Å²) in [7, 11) is 0. The van der Waals surface area contributed by atoms with E-state index in [1.165, 1.54) is 29.1 Å². The zero-order valence-electron chi connectivity index (χ0n) is 15.5. The molecule has 7 nitrogen and oxygen atoms in total. The van der Waals surface area contributed by atoms with Crippen LogP contribution in [0, 0.1) is 17.1 Å². The molecule has 0 aliphatic carbocycles. The van der Waals surface area contributed by atoms with Gasteiger partial charge in [0, 0.05) is 6.54 Å². The van der Waals surface area contributed by atoms with Crippen molar-refractivity contribution >= 4 is 11.2 Å². The van der Waals surface area contributed by atoms with E-state index in [0.717, 1.165) is 10.1 Å². The fourth-order valence-electron chi connectivity index (χ4n) is 3.38. The molecule has 0 N–H and O–H groups in total. The minimum absolute atomic E-state index is 0.143. The van der Waals surface area contributed by atoms with Crippen LogP contribution in [0.3, 0.4) is 0 Å². The maximum absolute atomic E-state index is 13.8. The number of imidazole rings is 1. The molecule has 4 aromatic rings. The Kier molecular flexibility index (Phi) is 4.56. The maximum Gasteiger partial charge on any atom is 0.337 e. The Hall–Kier alpha value is -3.99. The Morgan fingerprint density at radius 2 is 1.93 bits per heavy atom. The van der Waals surface area contributed by atoms with Crippen LogP contribution in [0.15, 0.2) is 64.4 Å². The van der Waals surface area contributed by atoms with Gasteiger partial charge in [0.25, 0.3) is 5.56 Å². The second-order valence-electron chi connectivity index (χ2n) is 6.46. The summed E-state index contributed by atoms with van der Waals surface area (Å²) in [4.78, 5) is 30.2. The molecule has 0 fully saturated rings. The third-order valence-corrected chi connectivity index (χ3v) is 4.76. The van der Waals surface area contributed by atoms with Gasteiger partial charge in [0.05, 0.1) is 30.2 Å². The summed E-state index contributed by atoms with van der Waals surface area (Å²) in [5.74, 6) is -0.501. The van der Waals surface area contributed by atoms with Crippen molar-refractivity contribution in [3.63, 3.8) is 0 Å². The van der Waals surface area contributed by atoms with E-state index in [4.69, 9.17) is 0 Å². The molecule has 0 unspecified atom stereocenters. The smallest absolute Gasteiger partial charge is 0.320 e. The van der Waals surface area contributed by atoms with Crippen molar-refractivity contribution in [2.45, 2.75) is 20.0 Å². The number of nitrogens with zero attached hydrogens (tertiary/aromatic N) is 5. The van der Waals surface area contributed by atoms with Crippen LogP contribution >= 0.6 is 0 Å². The van der Waals surface area contributed by atoms with E-state index >= 15 is 0 Å². The van der Waals surface area contributed by atoms with E-state index in [2.05, 4.69) is 11.1 Å². The summed E-state index contributed by atoms with van der Waals surface area (Å²) >= 11 is 0.